The number of carbonyl (C=O) groups is 5. The molecule has 0 bridgehead atoms. The Kier molecular flexibility index (Phi) is 13.7. The molecule has 5 amide bonds. The van der Waals surface area contributed by atoms with E-state index in [1.54, 1.807) is 16.3 Å². The van der Waals surface area contributed by atoms with E-state index in [4.69, 9.17) is 0 Å². The van der Waals surface area contributed by atoms with Crippen LogP contribution in [0.4, 0.5) is 4.79 Å². The van der Waals surface area contributed by atoms with E-state index >= 15 is 0 Å². The minimum absolute atomic E-state index is 0.0405. The highest BCUT2D eigenvalue weighted by Crippen LogP contribution is 2.37. The molecule has 0 aromatic carbocycles. The smallest absolute Gasteiger partial charge is 0.315 e. The first-order valence-electron chi connectivity index (χ1n) is 19.7. The van der Waals surface area contributed by atoms with Gasteiger partial charge in [0.2, 0.25) is 27.6 Å². The quantitative estimate of drug-likeness (QED) is 0.151. The zero-order valence-corrected chi connectivity index (χ0v) is 34.2. The SMILES string of the molecule is C=CCNC(=O)C(=O)C(CC1CCC1)NC(=O)[C@@H]1[C@@H](C(C)C)CCN1C(=O)[C@@H](NC(=O)N[C@H](CN1Cc2sccc2S1(=O)=O)C(C)(C)C)C1CCCCC1. The van der Waals surface area contributed by atoms with Gasteiger partial charge in [0.15, 0.2) is 0 Å². The van der Waals surface area contributed by atoms with Crippen LogP contribution in [-0.4, -0.2) is 91.0 Å². The first-order chi connectivity index (χ1) is 25.5. The van der Waals surface area contributed by atoms with Gasteiger partial charge in [-0.25, -0.2) is 13.2 Å². The van der Waals surface area contributed by atoms with E-state index in [-0.39, 0.29) is 49.2 Å². The van der Waals surface area contributed by atoms with Crippen LogP contribution in [0.15, 0.2) is 29.0 Å². The minimum Gasteiger partial charge on any atom is -0.346 e. The highest BCUT2D eigenvalue weighted by molar-refractivity contribution is 7.89. The molecule has 13 nitrogen and oxygen atoms in total. The molecule has 3 fully saturated rings. The third kappa shape index (κ3) is 9.55. The number of nitrogens with one attached hydrogen (secondary N) is 4. The fourth-order valence-electron chi connectivity index (χ4n) is 8.39. The van der Waals surface area contributed by atoms with Crippen LogP contribution in [0.3, 0.4) is 0 Å². The molecule has 54 heavy (non-hydrogen) atoms. The Hall–Kier alpha value is -3.30. The summed E-state index contributed by atoms with van der Waals surface area (Å²) < 4.78 is 28.0. The zero-order valence-electron chi connectivity index (χ0n) is 32.5. The van der Waals surface area contributed by atoms with Gasteiger partial charge in [-0.05, 0) is 66.2 Å². The van der Waals surface area contributed by atoms with Crippen molar-refractivity contribution in [3.63, 3.8) is 0 Å². The van der Waals surface area contributed by atoms with Crippen molar-refractivity contribution in [2.45, 2.75) is 134 Å². The Morgan fingerprint density at radius 2 is 1.69 bits per heavy atom. The number of amides is 5. The lowest BCUT2D eigenvalue weighted by Gasteiger charge is -2.38. The maximum atomic E-state index is 14.8. The number of thiophene rings is 1. The predicted molar refractivity (Wildman–Crippen MR) is 208 cm³/mol. The van der Waals surface area contributed by atoms with Crippen LogP contribution >= 0.6 is 11.3 Å². The van der Waals surface area contributed by atoms with E-state index in [0.29, 0.717) is 24.3 Å². The van der Waals surface area contributed by atoms with E-state index in [1.807, 2.05) is 34.6 Å². The van der Waals surface area contributed by atoms with Crippen molar-refractivity contribution in [2.75, 3.05) is 19.6 Å². The third-order valence-electron chi connectivity index (χ3n) is 12.0. The van der Waals surface area contributed by atoms with E-state index in [2.05, 4.69) is 27.8 Å². The molecule has 2 aliphatic heterocycles. The molecule has 4 aliphatic rings. The maximum Gasteiger partial charge on any atom is 0.315 e. The number of nitrogens with zero attached hydrogens (tertiary/aromatic N) is 2. The molecule has 1 aromatic rings. The van der Waals surface area contributed by atoms with Crippen LogP contribution in [0.1, 0.15) is 104 Å². The van der Waals surface area contributed by atoms with Crippen LogP contribution in [0, 0.1) is 29.1 Å². The number of ketones is 1. The molecule has 0 spiro atoms. The number of carbonyl (C=O) groups excluding carboxylic acids is 5. The molecule has 1 saturated heterocycles. The van der Waals surface area contributed by atoms with Crippen molar-refractivity contribution in [3.05, 3.63) is 29.0 Å². The van der Waals surface area contributed by atoms with Crippen LogP contribution in [0.2, 0.25) is 0 Å². The third-order valence-corrected chi connectivity index (χ3v) is 14.9. The van der Waals surface area contributed by atoms with Crippen molar-refractivity contribution in [1.29, 1.82) is 0 Å². The fraction of sp³-hybridized carbons (Fsp3) is 0.718. The topological polar surface area (TPSA) is 174 Å². The van der Waals surface area contributed by atoms with Crippen molar-refractivity contribution in [3.8, 4) is 0 Å². The maximum absolute atomic E-state index is 14.8. The number of urea groups is 1. The lowest BCUT2D eigenvalue weighted by molar-refractivity contribution is -0.144. The first kappa shape index (κ1) is 41.9. The Morgan fingerprint density at radius 1 is 0.981 bits per heavy atom. The summed E-state index contributed by atoms with van der Waals surface area (Å²) in [6.45, 7) is 14.2. The molecule has 2 aliphatic carbocycles. The van der Waals surface area contributed by atoms with Crippen molar-refractivity contribution >= 4 is 50.9 Å². The lowest BCUT2D eigenvalue weighted by Crippen LogP contribution is -2.61. The van der Waals surface area contributed by atoms with Crippen LogP contribution < -0.4 is 21.3 Å². The highest BCUT2D eigenvalue weighted by atomic mass is 32.2. The molecular weight excluding hydrogens is 729 g/mol. The Bertz CT molecular complexity index is 1660. The summed E-state index contributed by atoms with van der Waals surface area (Å²) in [6, 6.07) is -2.34. The number of hydrogen-bond donors (Lipinski definition) is 4. The van der Waals surface area contributed by atoms with Gasteiger partial charge in [0.25, 0.3) is 5.91 Å². The number of hydrogen-bond acceptors (Lipinski definition) is 8. The monoisotopic (exact) mass is 788 g/mol. The summed E-state index contributed by atoms with van der Waals surface area (Å²) >= 11 is 1.40. The number of Topliss-reactive ketones (excluding diaryl/α,β-unsaturated/α-hetero) is 1. The molecular formula is C39H60N6O7S2. The Balaban J connectivity index is 1.35. The molecule has 0 radical (unpaired) electrons. The Labute approximate surface area is 324 Å². The number of rotatable bonds is 15. The van der Waals surface area contributed by atoms with Gasteiger partial charge in [-0.15, -0.1) is 17.9 Å². The minimum atomic E-state index is -3.69. The van der Waals surface area contributed by atoms with Crippen molar-refractivity contribution in [1.82, 2.24) is 30.5 Å². The van der Waals surface area contributed by atoms with Crippen molar-refractivity contribution < 1.29 is 32.4 Å². The van der Waals surface area contributed by atoms with E-state index in [1.165, 1.54) is 21.7 Å². The number of sulfonamides is 1. The molecule has 1 aromatic heterocycles. The standard InChI is InChI=1S/C39H60N6O7S2/c1-7-18-40-36(48)34(46)28(21-25-12-11-13-25)41-35(47)33-27(24(2)3)16-19-45(33)37(49)32(26-14-9-8-10-15-26)43-38(50)42-31(39(4,5)6)23-44-22-29-30(17-20-53-29)54(44,51)52/h7,17,20,24-28,31-33H,1,8-16,18-19,21-23H2,2-6H3,(H,40,48)(H,41,47)(H2,42,43,50)/t27-,28?,31-,32+,33+/m1/s1. The van der Waals surface area contributed by atoms with Gasteiger partial charge < -0.3 is 26.2 Å². The average Bonchev–Trinajstić information content (AvgIpc) is 3.82. The summed E-state index contributed by atoms with van der Waals surface area (Å²) in [5, 5.41) is 13.2. The highest BCUT2D eigenvalue weighted by Gasteiger charge is 2.48. The second kappa shape index (κ2) is 17.7. The lowest BCUT2D eigenvalue weighted by atomic mass is 9.80. The van der Waals surface area contributed by atoms with Gasteiger partial charge in [0, 0.05) is 37.1 Å². The second-order valence-electron chi connectivity index (χ2n) is 17.0. The normalized spacial score (nSPS) is 23.5. The van der Waals surface area contributed by atoms with Crippen LogP contribution in [0.5, 0.6) is 0 Å². The molecule has 2 saturated carbocycles. The summed E-state index contributed by atoms with van der Waals surface area (Å²) in [7, 11) is -3.69. The van der Waals surface area contributed by atoms with E-state index < -0.39 is 63.2 Å². The van der Waals surface area contributed by atoms with Crippen LogP contribution in [-0.2, 0) is 35.7 Å². The molecule has 300 valence electrons. The summed E-state index contributed by atoms with van der Waals surface area (Å²) in [6.07, 6.45) is 9.64. The van der Waals surface area contributed by atoms with E-state index in [9.17, 15) is 32.4 Å². The molecule has 1 unspecified atom stereocenters. The first-order valence-corrected chi connectivity index (χ1v) is 22.0. The van der Waals surface area contributed by atoms with Gasteiger partial charge in [0.1, 0.15) is 12.1 Å². The van der Waals surface area contributed by atoms with Crippen LogP contribution in [0.25, 0.3) is 0 Å². The van der Waals surface area contributed by atoms with Gasteiger partial charge in [-0.3, -0.25) is 19.2 Å². The average molecular weight is 789 g/mol. The van der Waals surface area contributed by atoms with E-state index in [0.717, 1.165) is 56.2 Å². The molecule has 5 rings (SSSR count). The zero-order chi connectivity index (χ0) is 39.4. The van der Waals surface area contributed by atoms with Gasteiger partial charge in [-0.1, -0.05) is 79.2 Å². The number of fused-ring (bicyclic) bond motifs is 1. The number of likely N-dealkylation sites (tertiary alicyclic amines) is 1. The predicted octanol–water partition coefficient (Wildman–Crippen LogP) is 4.33. The summed E-state index contributed by atoms with van der Waals surface area (Å²) in [5.41, 5.74) is -0.522. The summed E-state index contributed by atoms with van der Waals surface area (Å²) in [4.78, 5) is 71.8. The van der Waals surface area contributed by atoms with Crippen molar-refractivity contribution in [2.24, 2.45) is 29.1 Å². The van der Waals surface area contributed by atoms with Gasteiger partial charge in [0.05, 0.1) is 10.9 Å². The fourth-order valence-corrected chi connectivity index (χ4v) is 11.3. The summed E-state index contributed by atoms with van der Waals surface area (Å²) in [5.74, 6) is -2.38. The molecule has 15 heteroatoms. The van der Waals surface area contributed by atoms with Gasteiger partial charge in [-0.2, -0.15) is 4.31 Å². The second-order valence-corrected chi connectivity index (χ2v) is 20.0. The van der Waals surface area contributed by atoms with Gasteiger partial charge >= 0.3 is 6.03 Å². The molecule has 3 heterocycles. The Morgan fingerprint density at radius 3 is 2.28 bits per heavy atom. The molecule has 4 N–H and O–H groups in total. The largest absolute Gasteiger partial charge is 0.346 e. The molecule has 5 atom stereocenters.